The summed E-state index contributed by atoms with van der Waals surface area (Å²) in [5.41, 5.74) is 6.54. The minimum absolute atomic E-state index is 0.489. The highest BCUT2D eigenvalue weighted by atomic mass is 79.9. The van der Waals surface area contributed by atoms with Gasteiger partial charge in [0.15, 0.2) is 5.82 Å². The van der Waals surface area contributed by atoms with Gasteiger partial charge in [-0.1, -0.05) is 0 Å². The molecule has 0 radical (unpaired) electrons. The number of aromatic nitrogens is 2. The molecule has 2 rings (SSSR count). The van der Waals surface area contributed by atoms with Crippen molar-refractivity contribution in [2.75, 3.05) is 5.73 Å². The molecule has 0 aromatic carbocycles. The number of hydrogen-bond acceptors (Lipinski definition) is 4. The smallest absolute Gasteiger partial charge is 0.163 e. The average molecular weight is 256 g/mol. The van der Waals surface area contributed by atoms with Crippen LogP contribution in [0.15, 0.2) is 27.5 Å². The minimum atomic E-state index is 0.489. The van der Waals surface area contributed by atoms with Crippen LogP contribution in [0.5, 0.6) is 0 Å². The predicted octanol–water partition coefficient (Wildman–Crippen LogP) is 2.55. The lowest BCUT2D eigenvalue weighted by atomic mass is 10.3. The summed E-state index contributed by atoms with van der Waals surface area (Å²) in [4.78, 5) is 8.25. The fourth-order valence-electron chi connectivity index (χ4n) is 0.944. The molecule has 2 N–H and O–H groups in total. The molecule has 0 unspecified atom stereocenters. The van der Waals surface area contributed by atoms with Gasteiger partial charge in [0.1, 0.15) is 5.82 Å². The van der Waals surface area contributed by atoms with Crippen LogP contribution in [0.4, 0.5) is 5.82 Å². The summed E-state index contributed by atoms with van der Waals surface area (Å²) < 4.78 is 1.00. The zero-order valence-electron chi connectivity index (χ0n) is 6.57. The highest BCUT2D eigenvalue weighted by molar-refractivity contribution is 9.10. The molecule has 0 saturated heterocycles. The Morgan fingerprint density at radius 3 is 2.85 bits per heavy atom. The van der Waals surface area contributed by atoms with E-state index in [1.807, 2.05) is 10.8 Å². The second-order valence-corrected chi connectivity index (χ2v) is 4.04. The third-order valence-electron chi connectivity index (χ3n) is 1.53. The van der Waals surface area contributed by atoms with Crippen molar-refractivity contribution in [2.24, 2.45) is 0 Å². The van der Waals surface area contributed by atoms with Gasteiger partial charge < -0.3 is 5.73 Å². The Morgan fingerprint density at radius 2 is 2.23 bits per heavy atom. The molecule has 0 aliphatic rings. The van der Waals surface area contributed by atoms with Crippen molar-refractivity contribution >= 4 is 33.1 Å². The lowest BCUT2D eigenvalue weighted by Crippen LogP contribution is -1.93. The molecule has 0 bridgehead atoms. The number of rotatable bonds is 1. The van der Waals surface area contributed by atoms with Gasteiger partial charge in [0, 0.05) is 27.0 Å². The van der Waals surface area contributed by atoms with E-state index in [2.05, 4.69) is 25.9 Å². The molecule has 0 fully saturated rings. The van der Waals surface area contributed by atoms with E-state index in [9.17, 15) is 0 Å². The van der Waals surface area contributed by atoms with Crippen LogP contribution in [0, 0.1) is 0 Å². The second kappa shape index (κ2) is 3.43. The van der Waals surface area contributed by atoms with Gasteiger partial charge in [-0.25, -0.2) is 9.97 Å². The first-order chi connectivity index (χ1) is 6.27. The van der Waals surface area contributed by atoms with Crippen molar-refractivity contribution in [3.8, 4) is 11.4 Å². The van der Waals surface area contributed by atoms with Gasteiger partial charge in [0.05, 0.1) is 0 Å². The second-order valence-electron chi connectivity index (χ2n) is 2.44. The van der Waals surface area contributed by atoms with Gasteiger partial charge in [0.25, 0.3) is 0 Å². The molecule has 2 aromatic rings. The van der Waals surface area contributed by atoms with Gasteiger partial charge in [-0.2, -0.15) is 11.3 Å². The van der Waals surface area contributed by atoms with Crippen molar-refractivity contribution < 1.29 is 0 Å². The van der Waals surface area contributed by atoms with Crippen molar-refractivity contribution in [1.82, 2.24) is 9.97 Å². The SMILES string of the molecule is Nc1ccnc(-c2cscc2Br)n1. The quantitative estimate of drug-likeness (QED) is 0.853. The molecule has 0 amide bonds. The Hall–Kier alpha value is -0.940. The maximum absolute atomic E-state index is 5.55. The molecular weight excluding hydrogens is 250 g/mol. The summed E-state index contributed by atoms with van der Waals surface area (Å²) in [6.07, 6.45) is 1.65. The van der Waals surface area contributed by atoms with Gasteiger partial charge in [0.2, 0.25) is 0 Å². The van der Waals surface area contributed by atoms with E-state index in [1.165, 1.54) is 0 Å². The monoisotopic (exact) mass is 255 g/mol. The Bertz CT molecular complexity index is 427. The summed E-state index contributed by atoms with van der Waals surface area (Å²) in [5.74, 6) is 1.15. The molecule has 66 valence electrons. The fourth-order valence-corrected chi connectivity index (χ4v) is 2.39. The van der Waals surface area contributed by atoms with Crippen LogP contribution in [-0.4, -0.2) is 9.97 Å². The normalized spacial score (nSPS) is 10.2. The Balaban J connectivity index is 2.53. The largest absolute Gasteiger partial charge is 0.384 e. The number of thiophene rings is 1. The van der Waals surface area contributed by atoms with Crippen LogP contribution in [0.25, 0.3) is 11.4 Å². The van der Waals surface area contributed by atoms with E-state index in [0.29, 0.717) is 11.6 Å². The number of nitrogens with zero attached hydrogens (tertiary/aromatic N) is 2. The first kappa shape index (κ1) is 8.65. The summed E-state index contributed by atoms with van der Waals surface area (Å²) in [7, 11) is 0. The van der Waals surface area contributed by atoms with Gasteiger partial charge in [-0.15, -0.1) is 0 Å². The number of anilines is 1. The van der Waals surface area contributed by atoms with E-state index >= 15 is 0 Å². The lowest BCUT2D eigenvalue weighted by molar-refractivity contribution is 1.19. The first-order valence-corrected chi connectivity index (χ1v) is 5.31. The molecule has 5 heteroatoms. The van der Waals surface area contributed by atoms with Crippen LogP contribution in [0.1, 0.15) is 0 Å². The maximum Gasteiger partial charge on any atom is 0.163 e. The molecule has 2 aromatic heterocycles. The van der Waals surface area contributed by atoms with Crippen molar-refractivity contribution in [2.45, 2.75) is 0 Å². The third-order valence-corrected chi connectivity index (χ3v) is 3.24. The van der Waals surface area contributed by atoms with E-state index in [1.54, 1.807) is 23.6 Å². The average Bonchev–Trinajstić information content (AvgIpc) is 2.51. The zero-order valence-corrected chi connectivity index (χ0v) is 8.97. The Morgan fingerprint density at radius 1 is 1.38 bits per heavy atom. The Kier molecular flexibility index (Phi) is 2.28. The van der Waals surface area contributed by atoms with Crippen LogP contribution in [0.2, 0.25) is 0 Å². The Labute approximate surface area is 87.8 Å². The van der Waals surface area contributed by atoms with Gasteiger partial charge in [-0.05, 0) is 22.0 Å². The topological polar surface area (TPSA) is 51.8 Å². The highest BCUT2D eigenvalue weighted by Crippen LogP contribution is 2.29. The molecule has 0 spiro atoms. The third kappa shape index (κ3) is 1.71. The summed E-state index contributed by atoms with van der Waals surface area (Å²) in [6.45, 7) is 0. The maximum atomic E-state index is 5.55. The van der Waals surface area contributed by atoms with Crippen molar-refractivity contribution in [3.05, 3.63) is 27.5 Å². The molecular formula is C8H6BrN3S. The molecule has 13 heavy (non-hydrogen) atoms. The number of halogens is 1. The van der Waals surface area contributed by atoms with Gasteiger partial charge in [-0.3, -0.25) is 0 Å². The lowest BCUT2D eigenvalue weighted by Gasteiger charge is -1.97. The predicted molar refractivity (Wildman–Crippen MR) is 57.5 cm³/mol. The molecule has 2 heterocycles. The number of nitrogen functional groups attached to an aromatic ring is 1. The summed E-state index contributed by atoms with van der Waals surface area (Å²) in [6, 6.07) is 1.67. The summed E-state index contributed by atoms with van der Waals surface area (Å²) >= 11 is 5.02. The number of hydrogen-bond donors (Lipinski definition) is 1. The van der Waals surface area contributed by atoms with E-state index in [0.717, 1.165) is 10.0 Å². The molecule has 0 atom stereocenters. The number of nitrogens with two attached hydrogens (primary N) is 1. The van der Waals surface area contributed by atoms with Crippen molar-refractivity contribution in [3.63, 3.8) is 0 Å². The first-order valence-electron chi connectivity index (χ1n) is 3.58. The molecule has 0 saturated carbocycles. The highest BCUT2D eigenvalue weighted by Gasteiger charge is 2.06. The molecule has 0 aliphatic heterocycles. The minimum Gasteiger partial charge on any atom is -0.384 e. The van der Waals surface area contributed by atoms with Gasteiger partial charge >= 0.3 is 0 Å². The van der Waals surface area contributed by atoms with Crippen LogP contribution >= 0.6 is 27.3 Å². The van der Waals surface area contributed by atoms with Crippen LogP contribution in [0.3, 0.4) is 0 Å². The van der Waals surface area contributed by atoms with Crippen LogP contribution < -0.4 is 5.73 Å². The summed E-state index contributed by atoms with van der Waals surface area (Å²) in [5, 5.41) is 3.97. The van der Waals surface area contributed by atoms with E-state index < -0.39 is 0 Å². The molecule has 0 aliphatic carbocycles. The zero-order chi connectivity index (χ0) is 9.26. The van der Waals surface area contributed by atoms with E-state index in [4.69, 9.17) is 5.73 Å². The standard InChI is InChI=1S/C8H6BrN3S/c9-6-4-13-3-5(6)8-11-2-1-7(10)12-8/h1-4H,(H2,10,11,12). The van der Waals surface area contributed by atoms with Crippen molar-refractivity contribution in [1.29, 1.82) is 0 Å². The van der Waals surface area contributed by atoms with E-state index in [-0.39, 0.29) is 0 Å². The fraction of sp³-hybridized carbons (Fsp3) is 0. The van der Waals surface area contributed by atoms with Crippen LogP contribution in [-0.2, 0) is 0 Å². The molecule has 3 nitrogen and oxygen atoms in total.